The van der Waals surface area contributed by atoms with Gasteiger partial charge < -0.3 is 11.1 Å². The Labute approximate surface area is 115 Å². The monoisotopic (exact) mass is 254 g/mol. The summed E-state index contributed by atoms with van der Waals surface area (Å²) in [6, 6.07) is 18.6. The molecule has 0 heterocycles. The van der Waals surface area contributed by atoms with Crippen molar-refractivity contribution in [1.29, 1.82) is 0 Å². The van der Waals surface area contributed by atoms with E-state index in [1.54, 1.807) is 0 Å². The summed E-state index contributed by atoms with van der Waals surface area (Å²) in [4.78, 5) is 0. The van der Waals surface area contributed by atoms with Crippen LogP contribution in [0.1, 0.15) is 24.8 Å². The van der Waals surface area contributed by atoms with Gasteiger partial charge in [0.15, 0.2) is 0 Å². The van der Waals surface area contributed by atoms with Crippen molar-refractivity contribution in [3.63, 3.8) is 0 Å². The number of benzene rings is 2. The number of nitrogens with one attached hydrogen (secondary N) is 1. The lowest BCUT2D eigenvalue weighted by atomic mass is 10.1. The molecule has 0 amide bonds. The molecule has 0 aromatic heterocycles. The Kier molecular flexibility index (Phi) is 5.30. The maximum Gasteiger partial charge on any atom is 0.0360 e. The van der Waals surface area contributed by atoms with Gasteiger partial charge in [-0.1, -0.05) is 42.8 Å². The van der Waals surface area contributed by atoms with Crippen molar-refractivity contribution in [3.8, 4) is 0 Å². The third kappa shape index (κ3) is 5.04. The fourth-order valence-electron chi connectivity index (χ4n) is 2.16. The van der Waals surface area contributed by atoms with Gasteiger partial charge in [-0.25, -0.2) is 0 Å². The number of nitrogen functional groups attached to an aromatic ring is 1. The lowest BCUT2D eigenvalue weighted by Gasteiger charge is -2.07. The molecule has 0 spiro atoms. The summed E-state index contributed by atoms with van der Waals surface area (Å²) in [6.07, 6.45) is 4.88. The average molecular weight is 254 g/mol. The number of aryl methyl sites for hydroxylation is 1. The van der Waals surface area contributed by atoms with E-state index in [0.717, 1.165) is 17.9 Å². The number of nitrogens with two attached hydrogens (primary N) is 1. The van der Waals surface area contributed by atoms with E-state index in [-0.39, 0.29) is 0 Å². The Balaban J connectivity index is 1.58. The standard InChI is InChI=1S/C17H22N2/c18-16-11-7-12-17(14-16)19-13-6-2-5-10-15-8-3-1-4-9-15/h1,3-4,7-9,11-12,14,19H,2,5-6,10,13,18H2. The third-order valence-corrected chi connectivity index (χ3v) is 3.20. The molecule has 100 valence electrons. The number of anilines is 2. The zero-order valence-electron chi connectivity index (χ0n) is 11.3. The van der Waals surface area contributed by atoms with Crippen LogP contribution in [-0.2, 0) is 6.42 Å². The van der Waals surface area contributed by atoms with Crippen molar-refractivity contribution in [2.45, 2.75) is 25.7 Å². The van der Waals surface area contributed by atoms with Crippen LogP contribution in [0.25, 0.3) is 0 Å². The van der Waals surface area contributed by atoms with Gasteiger partial charge >= 0.3 is 0 Å². The summed E-state index contributed by atoms with van der Waals surface area (Å²) in [5.41, 5.74) is 9.10. The van der Waals surface area contributed by atoms with Gasteiger partial charge in [0, 0.05) is 17.9 Å². The molecule has 0 unspecified atom stereocenters. The number of rotatable bonds is 7. The number of unbranched alkanes of at least 4 members (excludes halogenated alkanes) is 2. The molecule has 2 heteroatoms. The predicted molar refractivity (Wildman–Crippen MR) is 83.3 cm³/mol. The molecule has 0 saturated carbocycles. The molecule has 0 atom stereocenters. The van der Waals surface area contributed by atoms with Crippen LogP contribution in [0, 0.1) is 0 Å². The topological polar surface area (TPSA) is 38.0 Å². The first kappa shape index (κ1) is 13.5. The molecule has 0 radical (unpaired) electrons. The fourth-order valence-corrected chi connectivity index (χ4v) is 2.16. The van der Waals surface area contributed by atoms with Crippen LogP contribution in [0.3, 0.4) is 0 Å². The Bertz CT molecular complexity index is 480. The molecule has 0 bridgehead atoms. The molecular weight excluding hydrogens is 232 g/mol. The minimum absolute atomic E-state index is 0.814. The fraction of sp³-hybridized carbons (Fsp3) is 0.294. The highest BCUT2D eigenvalue weighted by atomic mass is 14.9. The molecule has 19 heavy (non-hydrogen) atoms. The second-order valence-corrected chi connectivity index (χ2v) is 4.85. The van der Waals surface area contributed by atoms with E-state index in [1.165, 1.54) is 31.2 Å². The molecule has 0 aliphatic heterocycles. The lowest BCUT2D eigenvalue weighted by molar-refractivity contribution is 0.698. The van der Waals surface area contributed by atoms with Crippen LogP contribution in [-0.4, -0.2) is 6.54 Å². The summed E-state index contributed by atoms with van der Waals surface area (Å²) in [6.45, 7) is 1.01. The molecule has 2 aromatic carbocycles. The summed E-state index contributed by atoms with van der Waals surface area (Å²) in [5.74, 6) is 0. The van der Waals surface area contributed by atoms with Gasteiger partial charge in [-0.2, -0.15) is 0 Å². The Morgan fingerprint density at radius 3 is 2.47 bits per heavy atom. The maximum absolute atomic E-state index is 5.73. The minimum Gasteiger partial charge on any atom is -0.399 e. The van der Waals surface area contributed by atoms with E-state index in [0.29, 0.717) is 0 Å². The maximum atomic E-state index is 5.73. The number of hydrogen-bond acceptors (Lipinski definition) is 2. The summed E-state index contributed by atoms with van der Waals surface area (Å²) in [7, 11) is 0. The van der Waals surface area contributed by atoms with E-state index < -0.39 is 0 Å². The second-order valence-electron chi connectivity index (χ2n) is 4.85. The Morgan fingerprint density at radius 2 is 1.68 bits per heavy atom. The minimum atomic E-state index is 0.814. The molecule has 0 saturated heterocycles. The largest absolute Gasteiger partial charge is 0.399 e. The highest BCUT2D eigenvalue weighted by molar-refractivity contribution is 5.53. The van der Waals surface area contributed by atoms with Gasteiger partial charge in [0.1, 0.15) is 0 Å². The first-order chi connectivity index (χ1) is 9.34. The zero-order valence-corrected chi connectivity index (χ0v) is 11.3. The van der Waals surface area contributed by atoms with Crippen molar-refractivity contribution in [2.75, 3.05) is 17.6 Å². The van der Waals surface area contributed by atoms with Crippen LogP contribution < -0.4 is 11.1 Å². The lowest BCUT2D eigenvalue weighted by Crippen LogP contribution is -2.02. The van der Waals surface area contributed by atoms with Crippen LogP contribution in [0.15, 0.2) is 54.6 Å². The molecule has 0 aliphatic carbocycles. The van der Waals surface area contributed by atoms with E-state index in [9.17, 15) is 0 Å². The van der Waals surface area contributed by atoms with Crippen LogP contribution >= 0.6 is 0 Å². The molecule has 2 nitrogen and oxygen atoms in total. The number of hydrogen-bond donors (Lipinski definition) is 2. The zero-order chi connectivity index (χ0) is 13.3. The molecule has 3 N–H and O–H groups in total. The van der Waals surface area contributed by atoms with Gasteiger partial charge in [-0.3, -0.25) is 0 Å². The van der Waals surface area contributed by atoms with Crippen molar-refractivity contribution in [3.05, 3.63) is 60.2 Å². The normalized spacial score (nSPS) is 10.3. The smallest absolute Gasteiger partial charge is 0.0360 e. The van der Waals surface area contributed by atoms with Crippen LogP contribution in [0.5, 0.6) is 0 Å². The quantitative estimate of drug-likeness (QED) is 0.577. The van der Waals surface area contributed by atoms with Crippen molar-refractivity contribution >= 4 is 11.4 Å². The van der Waals surface area contributed by atoms with E-state index in [4.69, 9.17) is 5.73 Å². The van der Waals surface area contributed by atoms with Crippen LogP contribution in [0.2, 0.25) is 0 Å². The van der Waals surface area contributed by atoms with E-state index >= 15 is 0 Å². The highest BCUT2D eigenvalue weighted by Gasteiger charge is 1.94. The summed E-state index contributed by atoms with van der Waals surface area (Å²) >= 11 is 0. The second kappa shape index (κ2) is 7.47. The van der Waals surface area contributed by atoms with Gasteiger partial charge in [-0.15, -0.1) is 0 Å². The molecule has 0 aliphatic rings. The summed E-state index contributed by atoms with van der Waals surface area (Å²) < 4.78 is 0. The van der Waals surface area contributed by atoms with Crippen molar-refractivity contribution in [2.24, 2.45) is 0 Å². The van der Waals surface area contributed by atoms with E-state index in [1.807, 2.05) is 18.2 Å². The molecule has 2 rings (SSSR count). The average Bonchev–Trinajstić information content (AvgIpc) is 2.44. The Hall–Kier alpha value is -1.96. The SMILES string of the molecule is Nc1cccc(NCCCCCc2ccccc2)c1. The predicted octanol–water partition coefficient (Wildman–Crippen LogP) is 4.09. The molecule has 2 aromatic rings. The summed E-state index contributed by atoms with van der Waals surface area (Å²) in [5, 5.41) is 3.40. The van der Waals surface area contributed by atoms with Gasteiger partial charge in [-0.05, 0) is 43.0 Å². The first-order valence-electron chi connectivity index (χ1n) is 6.98. The third-order valence-electron chi connectivity index (χ3n) is 3.20. The van der Waals surface area contributed by atoms with E-state index in [2.05, 4.69) is 41.7 Å². The van der Waals surface area contributed by atoms with Crippen LogP contribution in [0.4, 0.5) is 11.4 Å². The first-order valence-corrected chi connectivity index (χ1v) is 6.98. The van der Waals surface area contributed by atoms with Gasteiger partial charge in [0.25, 0.3) is 0 Å². The molecule has 0 fully saturated rings. The Morgan fingerprint density at radius 1 is 0.842 bits per heavy atom. The van der Waals surface area contributed by atoms with Crippen molar-refractivity contribution in [1.82, 2.24) is 0 Å². The highest BCUT2D eigenvalue weighted by Crippen LogP contribution is 2.12. The van der Waals surface area contributed by atoms with Gasteiger partial charge in [0.05, 0.1) is 0 Å². The van der Waals surface area contributed by atoms with Crippen molar-refractivity contribution < 1.29 is 0 Å². The molecular formula is C17H22N2. The van der Waals surface area contributed by atoms with Gasteiger partial charge in [0.2, 0.25) is 0 Å².